The van der Waals surface area contributed by atoms with Crippen LogP contribution in [0.3, 0.4) is 0 Å². The van der Waals surface area contributed by atoms with Crippen molar-refractivity contribution in [1.82, 2.24) is 9.80 Å². The van der Waals surface area contributed by atoms with Gasteiger partial charge in [-0.25, -0.2) is 0 Å². The number of halogens is 3. The largest absolute Gasteiger partial charge is 0.496 e. The third-order valence-electron chi connectivity index (χ3n) is 4.89. The lowest BCUT2D eigenvalue weighted by atomic mass is 10.0. The number of likely N-dealkylation sites (N-methyl/N-ethyl adjacent to an activating group) is 1. The van der Waals surface area contributed by atoms with Gasteiger partial charge in [0.1, 0.15) is 5.75 Å². The number of nitrogens with zero attached hydrogens (tertiary/aromatic N) is 2. The van der Waals surface area contributed by atoms with Crippen LogP contribution in [0.15, 0.2) is 48.5 Å². The minimum atomic E-state index is -4.41. The Morgan fingerprint density at radius 1 is 1.07 bits per heavy atom. The summed E-state index contributed by atoms with van der Waals surface area (Å²) in [6.07, 6.45) is -4.41. The Labute approximate surface area is 156 Å². The van der Waals surface area contributed by atoms with Gasteiger partial charge in [-0.15, -0.1) is 0 Å². The number of alkyl halides is 3. The molecule has 1 aliphatic rings. The van der Waals surface area contributed by atoms with E-state index >= 15 is 0 Å². The summed E-state index contributed by atoms with van der Waals surface area (Å²) in [6, 6.07) is 12.0. The molecule has 4 nitrogen and oxygen atoms in total. The molecule has 2 aromatic rings. The number of benzene rings is 2. The van der Waals surface area contributed by atoms with E-state index < -0.39 is 11.7 Å². The molecule has 0 spiro atoms. The van der Waals surface area contributed by atoms with E-state index in [1.807, 2.05) is 31.3 Å². The third-order valence-corrected chi connectivity index (χ3v) is 4.89. The number of hydrogen-bond acceptors (Lipinski definition) is 3. The standard InChI is InChI=1S/C20H21F3N2O2/c1-24-11-12-25(13-17(24)16-5-3-4-6-18(16)27-2)19(26)14-7-9-15(10-8-14)20(21,22)23/h3-10,17H,11-13H2,1-2H3. The zero-order valence-corrected chi connectivity index (χ0v) is 15.2. The first-order chi connectivity index (χ1) is 12.8. The third kappa shape index (κ3) is 4.08. The molecule has 0 N–H and O–H groups in total. The van der Waals surface area contributed by atoms with Crippen molar-refractivity contribution >= 4 is 5.91 Å². The van der Waals surface area contributed by atoms with E-state index in [0.29, 0.717) is 19.6 Å². The predicted octanol–water partition coefficient (Wildman–Crippen LogP) is 3.84. The van der Waals surface area contributed by atoms with Crippen LogP contribution in [0.2, 0.25) is 0 Å². The summed E-state index contributed by atoms with van der Waals surface area (Å²) in [5.41, 5.74) is 0.475. The zero-order chi connectivity index (χ0) is 19.6. The fraction of sp³-hybridized carbons (Fsp3) is 0.350. The molecular formula is C20H21F3N2O2. The molecule has 3 rings (SSSR count). The molecule has 0 aliphatic carbocycles. The molecule has 0 radical (unpaired) electrons. The summed E-state index contributed by atoms with van der Waals surface area (Å²) in [5, 5.41) is 0. The maximum absolute atomic E-state index is 12.8. The number of piperazine rings is 1. The molecule has 2 aromatic carbocycles. The second-order valence-electron chi connectivity index (χ2n) is 6.56. The Kier molecular flexibility index (Phi) is 5.41. The molecule has 27 heavy (non-hydrogen) atoms. The Bertz CT molecular complexity index is 806. The summed E-state index contributed by atoms with van der Waals surface area (Å²) in [6.45, 7) is 1.62. The van der Waals surface area contributed by atoms with E-state index in [4.69, 9.17) is 4.74 Å². The van der Waals surface area contributed by atoms with Gasteiger partial charge in [-0.1, -0.05) is 18.2 Å². The number of para-hydroxylation sites is 1. The van der Waals surface area contributed by atoms with Gasteiger partial charge in [0.05, 0.1) is 18.7 Å². The minimum absolute atomic E-state index is 0.0479. The van der Waals surface area contributed by atoms with Gasteiger partial charge < -0.3 is 9.64 Å². The molecular weight excluding hydrogens is 357 g/mol. The van der Waals surface area contributed by atoms with Crippen molar-refractivity contribution in [2.24, 2.45) is 0 Å². The van der Waals surface area contributed by atoms with E-state index in [1.165, 1.54) is 12.1 Å². The Hall–Kier alpha value is -2.54. The van der Waals surface area contributed by atoms with Gasteiger partial charge in [0, 0.05) is 30.8 Å². The first-order valence-electron chi connectivity index (χ1n) is 8.61. The number of carbonyl (C=O) groups excluding carboxylic acids is 1. The summed E-state index contributed by atoms with van der Waals surface area (Å²) in [5.74, 6) is 0.481. The average molecular weight is 378 g/mol. The SMILES string of the molecule is COc1ccccc1C1CN(C(=O)c2ccc(C(F)(F)F)cc2)CCN1C. The zero-order valence-electron chi connectivity index (χ0n) is 15.2. The highest BCUT2D eigenvalue weighted by atomic mass is 19.4. The van der Waals surface area contributed by atoms with Crippen LogP contribution in [0, 0.1) is 0 Å². The lowest BCUT2D eigenvalue weighted by Gasteiger charge is -2.40. The number of amides is 1. The molecule has 1 heterocycles. The van der Waals surface area contributed by atoms with Gasteiger partial charge in [0.2, 0.25) is 0 Å². The van der Waals surface area contributed by atoms with Crippen molar-refractivity contribution < 1.29 is 22.7 Å². The first kappa shape index (κ1) is 19.2. The van der Waals surface area contributed by atoms with Crippen molar-refractivity contribution in [2.45, 2.75) is 12.2 Å². The van der Waals surface area contributed by atoms with Crippen LogP contribution in [0.1, 0.15) is 27.5 Å². The highest BCUT2D eigenvalue weighted by molar-refractivity contribution is 5.94. The molecule has 0 aromatic heterocycles. The van der Waals surface area contributed by atoms with Crippen molar-refractivity contribution in [3.63, 3.8) is 0 Å². The Balaban J connectivity index is 1.80. The van der Waals surface area contributed by atoms with Crippen LogP contribution >= 0.6 is 0 Å². The molecule has 144 valence electrons. The lowest BCUT2D eigenvalue weighted by molar-refractivity contribution is -0.137. The summed E-state index contributed by atoms with van der Waals surface area (Å²) in [7, 11) is 3.59. The number of rotatable bonds is 3. The van der Waals surface area contributed by atoms with Gasteiger partial charge in [0.15, 0.2) is 0 Å². The Morgan fingerprint density at radius 2 is 1.74 bits per heavy atom. The maximum Gasteiger partial charge on any atom is 0.416 e. The molecule has 0 bridgehead atoms. The van der Waals surface area contributed by atoms with Gasteiger partial charge in [0.25, 0.3) is 5.91 Å². The molecule has 1 atom stereocenters. The van der Waals surface area contributed by atoms with E-state index in [-0.39, 0.29) is 17.5 Å². The second-order valence-corrected chi connectivity index (χ2v) is 6.56. The van der Waals surface area contributed by atoms with Crippen LogP contribution in [0.25, 0.3) is 0 Å². The van der Waals surface area contributed by atoms with E-state index in [1.54, 1.807) is 12.0 Å². The molecule has 1 unspecified atom stereocenters. The monoisotopic (exact) mass is 378 g/mol. The topological polar surface area (TPSA) is 32.8 Å². The highest BCUT2D eigenvalue weighted by Gasteiger charge is 2.32. The van der Waals surface area contributed by atoms with Crippen molar-refractivity contribution in [3.8, 4) is 5.75 Å². The van der Waals surface area contributed by atoms with Gasteiger partial charge in [-0.3, -0.25) is 9.69 Å². The number of hydrogen-bond donors (Lipinski definition) is 0. The van der Waals surface area contributed by atoms with Crippen LogP contribution in [-0.4, -0.2) is 49.5 Å². The second kappa shape index (κ2) is 7.60. The quantitative estimate of drug-likeness (QED) is 0.814. The van der Waals surface area contributed by atoms with Crippen LogP contribution in [-0.2, 0) is 6.18 Å². The van der Waals surface area contributed by atoms with E-state index in [0.717, 1.165) is 23.4 Å². The molecule has 7 heteroatoms. The minimum Gasteiger partial charge on any atom is -0.496 e. The van der Waals surface area contributed by atoms with Crippen molar-refractivity contribution in [3.05, 3.63) is 65.2 Å². The molecule has 1 fully saturated rings. The average Bonchev–Trinajstić information content (AvgIpc) is 2.67. The fourth-order valence-corrected chi connectivity index (χ4v) is 3.32. The van der Waals surface area contributed by atoms with Crippen molar-refractivity contribution in [1.29, 1.82) is 0 Å². The van der Waals surface area contributed by atoms with Crippen LogP contribution < -0.4 is 4.74 Å². The van der Waals surface area contributed by atoms with Crippen LogP contribution in [0.5, 0.6) is 5.75 Å². The smallest absolute Gasteiger partial charge is 0.416 e. The number of carbonyl (C=O) groups is 1. The highest BCUT2D eigenvalue weighted by Crippen LogP contribution is 2.32. The van der Waals surface area contributed by atoms with Gasteiger partial charge in [-0.2, -0.15) is 13.2 Å². The lowest BCUT2D eigenvalue weighted by Crippen LogP contribution is -2.49. The fourth-order valence-electron chi connectivity index (χ4n) is 3.32. The Morgan fingerprint density at radius 3 is 2.37 bits per heavy atom. The molecule has 1 saturated heterocycles. The molecule has 0 saturated carbocycles. The predicted molar refractivity (Wildman–Crippen MR) is 95.7 cm³/mol. The summed E-state index contributed by atoms with van der Waals surface area (Å²) < 4.78 is 43.6. The van der Waals surface area contributed by atoms with E-state index in [2.05, 4.69) is 4.90 Å². The summed E-state index contributed by atoms with van der Waals surface area (Å²) >= 11 is 0. The maximum atomic E-state index is 12.8. The number of ether oxygens (including phenoxy) is 1. The molecule has 1 aliphatic heterocycles. The first-order valence-corrected chi connectivity index (χ1v) is 8.61. The normalized spacial score (nSPS) is 18.4. The van der Waals surface area contributed by atoms with Gasteiger partial charge >= 0.3 is 6.18 Å². The van der Waals surface area contributed by atoms with Crippen LogP contribution in [0.4, 0.5) is 13.2 Å². The summed E-state index contributed by atoms with van der Waals surface area (Å²) in [4.78, 5) is 16.6. The molecule has 1 amide bonds. The van der Waals surface area contributed by atoms with Gasteiger partial charge in [-0.05, 0) is 37.4 Å². The number of methoxy groups -OCH3 is 1. The van der Waals surface area contributed by atoms with E-state index in [9.17, 15) is 18.0 Å². The van der Waals surface area contributed by atoms with Crippen molar-refractivity contribution in [2.75, 3.05) is 33.8 Å².